The van der Waals surface area contributed by atoms with E-state index in [2.05, 4.69) is 17.4 Å². The zero-order chi connectivity index (χ0) is 24.4. The van der Waals surface area contributed by atoms with Gasteiger partial charge < -0.3 is 24.8 Å². The molecule has 0 bridgehead atoms. The number of aliphatic carboxylic acids is 1. The molecule has 2 amide bonds. The number of hydrogen-bond donors (Lipinski definition) is 2. The third-order valence-corrected chi connectivity index (χ3v) is 6.58. The van der Waals surface area contributed by atoms with Crippen molar-refractivity contribution in [3.63, 3.8) is 0 Å². The number of fused-ring (bicyclic) bond motifs is 3. The van der Waals surface area contributed by atoms with Crippen LogP contribution in [0.3, 0.4) is 0 Å². The maximum atomic E-state index is 13.3. The Morgan fingerprint density at radius 2 is 1.68 bits per heavy atom. The van der Waals surface area contributed by atoms with E-state index in [4.69, 9.17) is 9.47 Å². The third kappa shape index (κ3) is 4.50. The number of nitrogens with one attached hydrogen (secondary N) is 1. The molecule has 4 rings (SSSR count). The number of ether oxygens (including phenoxy) is 2. The predicted molar refractivity (Wildman–Crippen MR) is 125 cm³/mol. The number of amides is 2. The van der Waals surface area contributed by atoms with Crippen LogP contribution in [0.1, 0.15) is 37.8 Å². The number of carbonyl (C=O) groups is 3. The molecule has 1 fully saturated rings. The van der Waals surface area contributed by atoms with Crippen LogP contribution < -0.4 is 5.32 Å². The van der Waals surface area contributed by atoms with E-state index in [1.165, 1.54) is 4.90 Å². The van der Waals surface area contributed by atoms with E-state index in [0.717, 1.165) is 22.3 Å². The molecule has 2 N–H and O–H groups in total. The number of rotatable bonds is 6. The molecule has 1 aliphatic carbocycles. The maximum Gasteiger partial charge on any atom is 0.407 e. The first-order valence-electron chi connectivity index (χ1n) is 11.6. The van der Waals surface area contributed by atoms with Crippen molar-refractivity contribution < 1.29 is 29.0 Å². The van der Waals surface area contributed by atoms with Crippen LogP contribution in [0.15, 0.2) is 48.5 Å². The predicted octanol–water partition coefficient (Wildman–Crippen LogP) is 3.25. The minimum atomic E-state index is -1.14. The van der Waals surface area contributed by atoms with Gasteiger partial charge in [0.25, 0.3) is 0 Å². The van der Waals surface area contributed by atoms with Gasteiger partial charge in [0.1, 0.15) is 12.6 Å². The van der Waals surface area contributed by atoms with Crippen LogP contribution in [0.25, 0.3) is 11.1 Å². The first kappa shape index (κ1) is 23.8. The van der Waals surface area contributed by atoms with Crippen molar-refractivity contribution >= 4 is 18.0 Å². The molecular formula is C26H30N2O6. The summed E-state index contributed by atoms with van der Waals surface area (Å²) in [7, 11) is 0. The summed E-state index contributed by atoms with van der Waals surface area (Å²) in [4.78, 5) is 39.1. The van der Waals surface area contributed by atoms with Crippen molar-refractivity contribution in [2.75, 3.05) is 19.8 Å². The van der Waals surface area contributed by atoms with Crippen LogP contribution in [0.5, 0.6) is 0 Å². The number of nitrogens with zero attached hydrogens (tertiary/aromatic N) is 1. The lowest BCUT2D eigenvalue weighted by Gasteiger charge is -2.39. The average Bonchev–Trinajstić information content (AvgIpc) is 3.14. The molecule has 2 aromatic rings. The Balaban J connectivity index is 1.45. The summed E-state index contributed by atoms with van der Waals surface area (Å²) >= 11 is 0. The van der Waals surface area contributed by atoms with Gasteiger partial charge in [0, 0.05) is 12.5 Å². The SMILES string of the molecule is CC1OCCN(C(=O)[C@H](NC(=O)OCC2c3ccccc3-c3ccccc32)C(C)C)C1C(=O)O. The van der Waals surface area contributed by atoms with Gasteiger partial charge in [-0.15, -0.1) is 0 Å². The molecule has 0 aromatic heterocycles. The van der Waals surface area contributed by atoms with Crippen LogP contribution in [0.2, 0.25) is 0 Å². The highest BCUT2D eigenvalue weighted by molar-refractivity contribution is 5.90. The van der Waals surface area contributed by atoms with E-state index in [-0.39, 0.29) is 31.6 Å². The molecule has 0 radical (unpaired) electrons. The lowest BCUT2D eigenvalue weighted by Crippen LogP contribution is -2.61. The van der Waals surface area contributed by atoms with Crippen LogP contribution in [-0.4, -0.2) is 65.9 Å². The second-order valence-electron chi connectivity index (χ2n) is 9.08. The van der Waals surface area contributed by atoms with Gasteiger partial charge in [0.05, 0.1) is 12.7 Å². The van der Waals surface area contributed by atoms with Gasteiger partial charge in [0.15, 0.2) is 6.04 Å². The highest BCUT2D eigenvalue weighted by atomic mass is 16.5. The molecule has 0 saturated carbocycles. The van der Waals surface area contributed by atoms with Crippen LogP contribution in [-0.2, 0) is 19.1 Å². The smallest absolute Gasteiger partial charge is 0.407 e. The van der Waals surface area contributed by atoms with Gasteiger partial charge >= 0.3 is 12.1 Å². The Morgan fingerprint density at radius 3 is 2.24 bits per heavy atom. The van der Waals surface area contributed by atoms with E-state index in [0.29, 0.717) is 0 Å². The number of hydrogen-bond acceptors (Lipinski definition) is 5. The van der Waals surface area contributed by atoms with E-state index in [1.807, 2.05) is 36.4 Å². The second kappa shape index (κ2) is 9.85. The third-order valence-electron chi connectivity index (χ3n) is 6.58. The van der Waals surface area contributed by atoms with E-state index < -0.39 is 36.2 Å². The zero-order valence-corrected chi connectivity index (χ0v) is 19.6. The first-order valence-corrected chi connectivity index (χ1v) is 11.6. The lowest BCUT2D eigenvalue weighted by atomic mass is 9.98. The van der Waals surface area contributed by atoms with Crippen LogP contribution in [0, 0.1) is 5.92 Å². The summed E-state index contributed by atoms with van der Waals surface area (Å²) in [5.74, 6) is -1.95. The second-order valence-corrected chi connectivity index (χ2v) is 9.08. The van der Waals surface area contributed by atoms with Gasteiger partial charge in [-0.25, -0.2) is 9.59 Å². The van der Waals surface area contributed by atoms with Crippen molar-refractivity contribution in [1.82, 2.24) is 10.2 Å². The first-order chi connectivity index (χ1) is 16.3. The van der Waals surface area contributed by atoms with Crippen molar-refractivity contribution in [3.05, 3.63) is 59.7 Å². The molecule has 0 spiro atoms. The molecule has 2 aromatic carbocycles. The largest absolute Gasteiger partial charge is 0.480 e. The molecule has 2 aliphatic rings. The van der Waals surface area contributed by atoms with Crippen LogP contribution in [0.4, 0.5) is 4.79 Å². The quantitative estimate of drug-likeness (QED) is 0.677. The minimum absolute atomic E-state index is 0.0946. The highest BCUT2D eigenvalue weighted by Crippen LogP contribution is 2.44. The van der Waals surface area contributed by atoms with Crippen molar-refractivity contribution in [2.24, 2.45) is 5.92 Å². The van der Waals surface area contributed by atoms with Gasteiger partial charge in [-0.1, -0.05) is 62.4 Å². The Labute approximate surface area is 198 Å². The van der Waals surface area contributed by atoms with Gasteiger partial charge in [-0.05, 0) is 35.1 Å². The summed E-state index contributed by atoms with van der Waals surface area (Å²) in [6.45, 7) is 5.74. The summed E-state index contributed by atoms with van der Waals surface area (Å²) in [6.07, 6.45) is -1.35. The van der Waals surface area contributed by atoms with Gasteiger partial charge in [-0.3, -0.25) is 4.79 Å². The maximum absolute atomic E-state index is 13.3. The highest BCUT2D eigenvalue weighted by Gasteiger charge is 2.41. The van der Waals surface area contributed by atoms with Crippen molar-refractivity contribution in [2.45, 2.75) is 44.9 Å². The molecule has 8 nitrogen and oxygen atoms in total. The lowest BCUT2D eigenvalue weighted by molar-refractivity contribution is -0.166. The normalized spacial score (nSPS) is 20.4. The molecule has 2 unspecified atom stereocenters. The standard InChI is InChI=1S/C26H30N2O6/c1-15(2)22(24(29)28-12-13-33-16(3)23(28)25(30)31)27-26(32)34-14-21-19-10-6-4-8-17(19)18-9-5-7-11-20(18)21/h4-11,15-16,21-23H,12-14H2,1-3H3,(H,27,32)(H,30,31)/t16?,22-,23?/m1/s1. The monoisotopic (exact) mass is 466 g/mol. The summed E-state index contributed by atoms with van der Waals surface area (Å²) in [5.41, 5.74) is 4.45. The molecule has 3 atom stereocenters. The van der Waals surface area contributed by atoms with Crippen molar-refractivity contribution in [1.29, 1.82) is 0 Å². The number of carboxylic acids is 1. The molecule has 180 valence electrons. The summed E-state index contributed by atoms with van der Waals surface area (Å²) < 4.78 is 11.0. The van der Waals surface area contributed by atoms with E-state index in [9.17, 15) is 19.5 Å². The van der Waals surface area contributed by atoms with E-state index in [1.54, 1.807) is 20.8 Å². The zero-order valence-electron chi connectivity index (χ0n) is 19.6. The number of benzene rings is 2. The molecule has 1 aliphatic heterocycles. The Bertz CT molecular complexity index is 1040. The Kier molecular flexibility index (Phi) is 6.88. The molecule has 8 heteroatoms. The fourth-order valence-electron chi connectivity index (χ4n) is 4.86. The molecular weight excluding hydrogens is 436 g/mol. The summed E-state index contributed by atoms with van der Waals surface area (Å²) in [5, 5.41) is 12.3. The summed E-state index contributed by atoms with van der Waals surface area (Å²) in [6, 6.07) is 14.1. The van der Waals surface area contributed by atoms with Gasteiger partial charge in [0.2, 0.25) is 5.91 Å². The number of morpholine rings is 1. The van der Waals surface area contributed by atoms with Crippen LogP contribution >= 0.6 is 0 Å². The van der Waals surface area contributed by atoms with Crippen molar-refractivity contribution in [3.8, 4) is 11.1 Å². The van der Waals surface area contributed by atoms with Gasteiger partial charge in [-0.2, -0.15) is 0 Å². The molecule has 1 saturated heterocycles. The van der Waals surface area contributed by atoms with E-state index >= 15 is 0 Å². The molecule has 34 heavy (non-hydrogen) atoms. The Morgan fingerprint density at radius 1 is 1.09 bits per heavy atom. The Hall–Kier alpha value is -3.39. The average molecular weight is 467 g/mol. The minimum Gasteiger partial charge on any atom is -0.480 e. The number of carboxylic acid groups (broad SMARTS) is 1. The topological polar surface area (TPSA) is 105 Å². The number of alkyl carbamates (subject to hydrolysis) is 1. The molecule has 1 heterocycles. The number of carbonyl (C=O) groups excluding carboxylic acids is 2. The fraction of sp³-hybridized carbons (Fsp3) is 0.423. The fourth-order valence-corrected chi connectivity index (χ4v) is 4.86.